The summed E-state index contributed by atoms with van der Waals surface area (Å²) in [5.74, 6) is 0.459. The summed E-state index contributed by atoms with van der Waals surface area (Å²) >= 11 is 0. The topological polar surface area (TPSA) is 85.3 Å². The van der Waals surface area contributed by atoms with E-state index in [1.54, 1.807) is 37.7 Å². The normalized spacial score (nSPS) is 11.3. The maximum atomic E-state index is 11.8. The fraction of sp³-hybridized carbons (Fsp3) is 0.643. The molecule has 2 amide bonds. The zero-order chi connectivity index (χ0) is 16.0. The zero-order valence-corrected chi connectivity index (χ0v) is 13.3. The summed E-state index contributed by atoms with van der Waals surface area (Å²) in [6, 6.07) is 1.90. The third kappa shape index (κ3) is 6.29. The van der Waals surface area contributed by atoms with Crippen LogP contribution < -0.4 is 10.6 Å². The van der Waals surface area contributed by atoms with Gasteiger partial charge in [0.15, 0.2) is 0 Å². The Bertz CT molecular complexity index is 489. The van der Waals surface area contributed by atoms with Crippen LogP contribution in [0.15, 0.2) is 12.3 Å². The third-order valence-electron chi connectivity index (χ3n) is 2.45. The molecule has 2 N–H and O–H groups in total. The molecule has 118 valence electrons. The first-order valence-corrected chi connectivity index (χ1v) is 6.99. The predicted molar refractivity (Wildman–Crippen MR) is 80.1 cm³/mol. The van der Waals surface area contributed by atoms with Crippen molar-refractivity contribution in [3.8, 4) is 0 Å². The second kappa shape index (κ2) is 7.10. The van der Waals surface area contributed by atoms with Gasteiger partial charge in [0.05, 0.1) is 6.20 Å². The van der Waals surface area contributed by atoms with Gasteiger partial charge in [0, 0.05) is 25.1 Å². The van der Waals surface area contributed by atoms with Crippen molar-refractivity contribution in [3.63, 3.8) is 0 Å². The molecule has 0 spiro atoms. The van der Waals surface area contributed by atoms with Crippen LogP contribution in [0, 0.1) is 0 Å². The van der Waals surface area contributed by atoms with Gasteiger partial charge in [0.1, 0.15) is 11.4 Å². The minimum atomic E-state index is -0.546. The van der Waals surface area contributed by atoms with Crippen molar-refractivity contribution in [1.29, 1.82) is 0 Å². The van der Waals surface area contributed by atoms with E-state index < -0.39 is 11.7 Å². The number of alkyl carbamates (subject to hydrolysis) is 1. The number of anilines is 1. The van der Waals surface area contributed by atoms with Crippen LogP contribution in [0.5, 0.6) is 0 Å². The maximum Gasteiger partial charge on any atom is 0.407 e. The van der Waals surface area contributed by atoms with Crippen LogP contribution in [-0.4, -0.2) is 33.9 Å². The van der Waals surface area contributed by atoms with Gasteiger partial charge in [-0.2, -0.15) is 5.10 Å². The van der Waals surface area contributed by atoms with E-state index in [9.17, 15) is 9.59 Å². The lowest BCUT2D eigenvalue weighted by atomic mass is 10.2. The van der Waals surface area contributed by atoms with Gasteiger partial charge in [0.25, 0.3) is 0 Å². The average Bonchev–Trinajstić information content (AvgIpc) is 2.74. The average molecular weight is 296 g/mol. The third-order valence-corrected chi connectivity index (χ3v) is 2.45. The van der Waals surface area contributed by atoms with Crippen LogP contribution in [0.25, 0.3) is 0 Å². The van der Waals surface area contributed by atoms with Crippen molar-refractivity contribution in [2.24, 2.45) is 0 Å². The molecule has 0 fully saturated rings. The lowest BCUT2D eigenvalue weighted by Gasteiger charge is -2.19. The number of rotatable bonds is 5. The molecule has 1 aromatic rings. The van der Waals surface area contributed by atoms with E-state index in [0.29, 0.717) is 5.82 Å². The fourth-order valence-corrected chi connectivity index (χ4v) is 1.62. The molecular weight excluding hydrogens is 272 g/mol. The Kier molecular flexibility index (Phi) is 5.75. The molecule has 21 heavy (non-hydrogen) atoms. The maximum absolute atomic E-state index is 11.8. The van der Waals surface area contributed by atoms with Crippen LogP contribution in [-0.2, 0) is 9.53 Å². The standard InChI is InChI=1S/C14H24N4O3/c1-10(2)18-11(6-9-16-18)17-12(19)7-8-15-13(20)21-14(3,4)5/h6,9-10H,7-8H2,1-5H3,(H,15,20)(H,17,19). The molecule has 0 saturated heterocycles. The smallest absolute Gasteiger partial charge is 0.407 e. The van der Waals surface area contributed by atoms with Gasteiger partial charge in [0.2, 0.25) is 5.91 Å². The molecule has 0 aromatic carbocycles. The van der Waals surface area contributed by atoms with Crippen molar-refractivity contribution < 1.29 is 14.3 Å². The first-order valence-electron chi connectivity index (χ1n) is 6.99. The highest BCUT2D eigenvalue weighted by Crippen LogP contribution is 2.13. The van der Waals surface area contributed by atoms with E-state index >= 15 is 0 Å². The lowest BCUT2D eigenvalue weighted by Crippen LogP contribution is -2.34. The van der Waals surface area contributed by atoms with Gasteiger partial charge in [-0.05, 0) is 34.6 Å². The Morgan fingerprint density at radius 2 is 2.05 bits per heavy atom. The Morgan fingerprint density at radius 1 is 1.38 bits per heavy atom. The van der Waals surface area contributed by atoms with E-state index in [1.165, 1.54) is 0 Å². The largest absolute Gasteiger partial charge is 0.444 e. The Morgan fingerprint density at radius 3 is 2.62 bits per heavy atom. The highest BCUT2D eigenvalue weighted by atomic mass is 16.6. The molecule has 0 aliphatic carbocycles. The number of carbonyl (C=O) groups is 2. The number of carbonyl (C=O) groups excluding carboxylic acids is 2. The van der Waals surface area contributed by atoms with E-state index in [1.807, 2.05) is 13.8 Å². The van der Waals surface area contributed by atoms with Crippen LogP contribution in [0.3, 0.4) is 0 Å². The molecule has 0 bridgehead atoms. The van der Waals surface area contributed by atoms with Gasteiger partial charge < -0.3 is 15.4 Å². The number of ether oxygens (including phenoxy) is 1. The Labute approximate surface area is 125 Å². The quantitative estimate of drug-likeness (QED) is 0.873. The zero-order valence-electron chi connectivity index (χ0n) is 13.3. The van der Waals surface area contributed by atoms with Crippen LogP contribution >= 0.6 is 0 Å². The Balaban J connectivity index is 2.35. The molecule has 0 aliphatic heterocycles. The molecule has 0 unspecified atom stereocenters. The van der Waals surface area contributed by atoms with Gasteiger partial charge in [-0.1, -0.05) is 0 Å². The van der Waals surface area contributed by atoms with E-state index in [0.717, 1.165) is 0 Å². The molecule has 7 nitrogen and oxygen atoms in total. The summed E-state index contributed by atoms with van der Waals surface area (Å²) in [6.45, 7) is 9.53. The monoisotopic (exact) mass is 296 g/mol. The molecule has 0 radical (unpaired) electrons. The van der Waals surface area contributed by atoms with E-state index in [4.69, 9.17) is 4.74 Å². The number of nitrogens with one attached hydrogen (secondary N) is 2. The highest BCUT2D eigenvalue weighted by Gasteiger charge is 2.16. The molecule has 0 saturated carbocycles. The summed E-state index contributed by atoms with van der Waals surface area (Å²) in [4.78, 5) is 23.2. The lowest BCUT2D eigenvalue weighted by molar-refractivity contribution is -0.116. The summed E-state index contributed by atoms with van der Waals surface area (Å²) < 4.78 is 6.80. The minimum Gasteiger partial charge on any atom is -0.444 e. The Hall–Kier alpha value is -2.05. The number of aromatic nitrogens is 2. The number of nitrogens with zero attached hydrogens (tertiary/aromatic N) is 2. The van der Waals surface area contributed by atoms with Crippen molar-refractivity contribution in [3.05, 3.63) is 12.3 Å². The summed E-state index contributed by atoms with van der Waals surface area (Å²) in [6.07, 6.45) is 1.28. The first kappa shape index (κ1) is 17.0. The van der Waals surface area contributed by atoms with Gasteiger partial charge in [-0.3, -0.25) is 4.79 Å². The van der Waals surface area contributed by atoms with Crippen LogP contribution in [0.4, 0.5) is 10.6 Å². The second-order valence-corrected chi connectivity index (χ2v) is 5.98. The van der Waals surface area contributed by atoms with Crippen molar-refractivity contribution >= 4 is 17.8 Å². The molecule has 1 aromatic heterocycles. The van der Waals surface area contributed by atoms with E-state index in [2.05, 4.69) is 15.7 Å². The fourth-order valence-electron chi connectivity index (χ4n) is 1.62. The molecular formula is C14H24N4O3. The van der Waals surface area contributed by atoms with Crippen LogP contribution in [0.2, 0.25) is 0 Å². The first-order chi connectivity index (χ1) is 9.69. The molecule has 0 aliphatic rings. The number of amides is 2. The van der Waals surface area contributed by atoms with Crippen LogP contribution in [0.1, 0.15) is 47.1 Å². The molecule has 1 rings (SSSR count). The van der Waals surface area contributed by atoms with Crippen molar-refractivity contribution in [2.75, 3.05) is 11.9 Å². The van der Waals surface area contributed by atoms with Gasteiger partial charge in [-0.25, -0.2) is 9.48 Å². The molecule has 1 heterocycles. The van der Waals surface area contributed by atoms with Crippen molar-refractivity contribution in [1.82, 2.24) is 15.1 Å². The van der Waals surface area contributed by atoms with Crippen molar-refractivity contribution in [2.45, 2.75) is 52.7 Å². The summed E-state index contributed by atoms with van der Waals surface area (Å²) in [7, 11) is 0. The van der Waals surface area contributed by atoms with E-state index in [-0.39, 0.29) is 24.9 Å². The molecule has 7 heteroatoms. The number of hydrogen-bond donors (Lipinski definition) is 2. The van der Waals surface area contributed by atoms with Gasteiger partial charge >= 0.3 is 6.09 Å². The number of hydrogen-bond acceptors (Lipinski definition) is 4. The predicted octanol–water partition coefficient (Wildman–Crippen LogP) is 2.32. The SMILES string of the molecule is CC(C)n1nccc1NC(=O)CCNC(=O)OC(C)(C)C. The highest BCUT2D eigenvalue weighted by molar-refractivity contribution is 5.90. The minimum absolute atomic E-state index is 0.162. The summed E-state index contributed by atoms with van der Waals surface area (Å²) in [5.41, 5.74) is -0.546. The summed E-state index contributed by atoms with van der Waals surface area (Å²) in [5, 5.41) is 9.44. The molecule has 0 atom stereocenters. The van der Waals surface area contributed by atoms with Gasteiger partial charge in [-0.15, -0.1) is 0 Å². The second-order valence-electron chi connectivity index (χ2n) is 5.98.